The van der Waals surface area contributed by atoms with Gasteiger partial charge in [0.1, 0.15) is 0 Å². The van der Waals surface area contributed by atoms with E-state index < -0.39 is 0 Å². The first-order valence-electron chi connectivity index (χ1n) is 6.44. The van der Waals surface area contributed by atoms with E-state index in [0.29, 0.717) is 16.5 Å². The molecule has 1 heterocycles. The van der Waals surface area contributed by atoms with Gasteiger partial charge in [0.15, 0.2) is 0 Å². The van der Waals surface area contributed by atoms with Gasteiger partial charge >= 0.3 is 0 Å². The maximum absolute atomic E-state index is 6.12. The Hall–Kier alpha value is 0.170. The lowest BCUT2D eigenvalue weighted by Crippen LogP contribution is -2.37. The van der Waals surface area contributed by atoms with Crippen molar-refractivity contribution in [1.29, 1.82) is 0 Å². The summed E-state index contributed by atoms with van der Waals surface area (Å²) in [6.07, 6.45) is 0. The van der Waals surface area contributed by atoms with Crippen LogP contribution < -0.4 is 5.32 Å². The minimum atomic E-state index is 0.404. The fraction of sp³-hybridized carbons (Fsp3) is 0.571. The van der Waals surface area contributed by atoms with Gasteiger partial charge in [-0.1, -0.05) is 37.6 Å². The molecular formula is C14H20ClNS2. The van der Waals surface area contributed by atoms with Gasteiger partial charge in [0.2, 0.25) is 0 Å². The zero-order valence-corrected chi connectivity index (χ0v) is 13.2. The van der Waals surface area contributed by atoms with Crippen LogP contribution in [0.2, 0.25) is 5.02 Å². The first-order chi connectivity index (χ1) is 8.72. The molecule has 0 aliphatic carbocycles. The molecule has 1 aliphatic rings. The van der Waals surface area contributed by atoms with Crippen molar-refractivity contribution in [2.24, 2.45) is 0 Å². The predicted octanol–water partition coefficient (Wildman–Crippen LogP) is 4.23. The number of rotatable bonds is 4. The fourth-order valence-electron chi connectivity index (χ4n) is 2.36. The van der Waals surface area contributed by atoms with Crippen LogP contribution in [0.25, 0.3) is 0 Å². The molecule has 2 rings (SSSR count). The number of nitrogens with one attached hydrogen (secondary N) is 1. The highest BCUT2D eigenvalue weighted by Crippen LogP contribution is 2.38. The summed E-state index contributed by atoms with van der Waals surface area (Å²) in [4.78, 5) is 0. The van der Waals surface area contributed by atoms with Crippen LogP contribution >= 0.6 is 35.1 Å². The number of hydrogen-bond acceptors (Lipinski definition) is 3. The van der Waals surface area contributed by atoms with Gasteiger partial charge in [0, 0.05) is 33.1 Å². The van der Waals surface area contributed by atoms with E-state index in [-0.39, 0.29) is 0 Å². The van der Waals surface area contributed by atoms with E-state index in [9.17, 15) is 0 Å². The summed E-state index contributed by atoms with van der Waals surface area (Å²) in [7, 11) is 0. The summed E-state index contributed by atoms with van der Waals surface area (Å²) < 4.78 is 0. The average molecular weight is 302 g/mol. The molecule has 0 radical (unpaired) electrons. The molecule has 1 saturated heterocycles. The Bertz CT molecular complexity index is 386. The summed E-state index contributed by atoms with van der Waals surface area (Å²) >= 11 is 10.3. The highest BCUT2D eigenvalue weighted by molar-refractivity contribution is 8.07. The van der Waals surface area contributed by atoms with E-state index in [1.807, 2.05) is 12.1 Å². The fourth-order valence-corrected chi connectivity index (χ4v) is 5.51. The molecule has 3 unspecified atom stereocenters. The van der Waals surface area contributed by atoms with Crippen molar-refractivity contribution < 1.29 is 0 Å². The molecule has 1 aromatic rings. The van der Waals surface area contributed by atoms with Crippen molar-refractivity contribution in [1.82, 2.24) is 5.32 Å². The largest absolute Gasteiger partial charge is 0.309 e. The highest BCUT2D eigenvalue weighted by Gasteiger charge is 2.30. The van der Waals surface area contributed by atoms with E-state index >= 15 is 0 Å². The molecule has 0 bridgehead atoms. The molecule has 1 nitrogen and oxygen atoms in total. The molecule has 0 saturated carbocycles. The van der Waals surface area contributed by atoms with Gasteiger partial charge in [-0.3, -0.25) is 0 Å². The monoisotopic (exact) mass is 301 g/mol. The molecule has 18 heavy (non-hydrogen) atoms. The van der Waals surface area contributed by atoms with Gasteiger partial charge in [0.25, 0.3) is 0 Å². The Morgan fingerprint density at radius 1 is 1.39 bits per heavy atom. The van der Waals surface area contributed by atoms with Gasteiger partial charge in [-0.15, -0.1) is 0 Å². The average Bonchev–Trinajstić information content (AvgIpc) is 2.37. The van der Waals surface area contributed by atoms with E-state index in [0.717, 1.165) is 11.6 Å². The third kappa shape index (κ3) is 3.60. The normalized spacial score (nSPS) is 25.9. The summed E-state index contributed by atoms with van der Waals surface area (Å²) in [5.41, 5.74) is 1.32. The zero-order chi connectivity index (χ0) is 13.0. The molecule has 1 N–H and O–H groups in total. The topological polar surface area (TPSA) is 12.0 Å². The summed E-state index contributed by atoms with van der Waals surface area (Å²) in [6.45, 7) is 5.50. The van der Waals surface area contributed by atoms with Gasteiger partial charge in [-0.25, -0.2) is 0 Å². The second kappa shape index (κ2) is 7.09. The van der Waals surface area contributed by atoms with Crippen LogP contribution in [0, 0.1) is 0 Å². The Morgan fingerprint density at radius 3 is 2.83 bits per heavy atom. The Balaban J connectivity index is 2.21. The molecule has 3 atom stereocenters. The number of hydrogen-bond donors (Lipinski definition) is 1. The molecule has 0 aromatic heterocycles. The Labute approximate surface area is 123 Å². The van der Waals surface area contributed by atoms with Gasteiger partial charge in [-0.05, 0) is 24.2 Å². The lowest BCUT2D eigenvalue weighted by molar-refractivity contribution is 0.526. The summed E-state index contributed by atoms with van der Waals surface area (Å²) in [6, 6.07) is 8.68. The molecule has 100 valence electrons. The first-order valence-corrected chi connectivity index (χ1v) is 8.92. The lowest BCUT2D eigenvalue weighted by atomic mass is 10.0. The van der Waals surface area contributed by atoms with Crippen molar-refractivity contribution in [3.63, 3.8) is 0 Å². The van der Waals surface area contributed by atoms with Crippen LogP contribution in [-0.2, 0) is 0 Å². The quantitative estimate of drug-likeness (QED) is 0.894. The third-order valence-electron chi connectivity index (χ3n) is 3.20. The van der Waals surface area contributed by atoms with E-state index in [1.165, 1.54) is 17.1 Å². The molecule has 1 fully saturated rings. The Kier molecular flexibility index (Phi) is 5.74. The third-order valence-corrected chi connectivity index (χ3v) is 6.63. The first kappa shape index (κ1) is 14.6. The van der Waals surface area contributed by atoms with Crippen molar-refractivity contribution >= 4 is 35.1 Å². The molecule has 1 aromatic carbocycles. The van der Waals surface area contributed by atoms with Crippen molar-refractivity contribution in [2.45, 2.75) is 30.4 Å². The van der Waals surface area contributed by atoms with E-state index in [4.69, 9.17) is 11.6 Å². The smallest absolute Gasteiger partial charge is 0.0451 e. The molecule has 0 amide bonds. The number of thioether (sulfide) groups is 2. The SMILES string of the molecule is CCNC(c1cccc(Cl)c1)C1SCCSC1C. The van der Waals surface area contributed by atoms with E-state index in [2.05, 4.69) is 54.8 Å². The van der Waals surface area contributed by atoms with Crippen LogP contribution in [0.5, 0.6) is 0 Å². The van der Waals surface area contributed by atoms with Crippen LogP contribution in [0.4, 0.5) is 0 Å². The number of benzene rings is 1. The zero-order valence-electron chi connectivity index (χ0n) is 10.9. The Morgan fingerprint density at radius 2 is 2.17 bits per heavy atom. The molecular weight excluding hydrogens is 282 g/mol. The van der Waals surface area contributed by atoms with Crippen LogP contribution in [0.3, 0.4) is 0 Å². The summed E-state index contributed by atoms with van der Waals surface area (Å²) in [5.74, 6) is 2.53. The molecule has 0 spiro atoms. The molecule has 4 heteroatoms. The van der Waals surface area contributed by atoms with Crippen LogP contribution in [-0.4, -0.2) is 28.6 Å². The number of halogens is 1. The van der Waals surface area contributed by atoms with Crippen molar-refractivity contribution in [3.8, 4) is 0 Å². The standard InChI is InChI=1S/C14H20ClNS2/c1-3-16-13(11-5-4-6-12(15)9-11)14-10(2)17-7-8-18-14/h4-6,9-10,13-14,16H,3,7-8H2,1-2H3. The summed E-state index contributed by atoms with van der Waals surface area (Å²) in [5, 5.41) is 5.78. The second-order valence-electron chi connectivity index (χ2n) is 4.50. The predicted molar refractivity (Wildman–Crippen MR) is 86.0 cm³/mol. The van der Waals surface area contributed by atoms with Gasteiger partial charge in [-0.2, -0.15) is 23.5 Å². The minimum Gasteiger partial charge on any atom is -0.309 e. The van der Waals surface area contributed by atoms with Gasteiger partial charge < -0.3 is 5.32 Å². The van der Waals surface area contributed by atoms with Gasteiger partial charge in [0.05, 0.1) is 0 Å². The maximum atomic E-state index is 6.12. The maximum Gasteiger partial charge on any atom is 0.0451 e. The molecule has 1 aliphatic heterocycles. The van der Waals surface area contributed by atoms with Crippen LogP contribution in [0.15, 0.2) is 24.3 Å². The lowest BCUT2D eigenvalue weighted by Gasteiger charge is -2.35. The van der Waals surface area contributed by atoms with Crippen molar-refractivity contribution in [2.75, 3.05) is 18.1 Å². The highest BCUT2D eigenvalue weighted by atomic mass is 35.5. The second-order valence-corrected chi connectivity index (χ2v) is 7.71. The van der Waals surface area contributed by atoms with E-state index in [1.54, 1.807) is 0 Å². The minimum absolute atomic E-state index is 0.404. The van der Waals surface area contributed by atoms with Crippen LogP contribution in [0.1, 0.15) is 25.5 Å². The van der Waals surface area contributed by atoms with Crippen molar-refractivity contribution in [3.05, 3.63) is 34.9 Å².